The lowest BCUT2D eigenvalue weighted by molar-refractivity contribution is 0.584. The van der Waals surface area contributed by atoms with Gasteiger partial charge < -0.3 is 10.2 Å². The highest BCUT2D eigenvalue weighted by molar-refractivity contribution is 5.84. The molecular weight excluding hydrogens is 268 g/mol. The molecule has 0 radical (unpaired) electrons. The molecule has 0 saturated carbocycles. The van der Waals surface area contributed by atoms with Crippen molar-refractivity contribution in [2.75, 3.05) is 31.1 Å². The maximum absolute atomic E-state index is 12.5. The van der Waals surface area contributed by atoms with Gasteiger partial charge in [0.25, 0.3) is 0 Å². The lowest BCUT2D eigenvalue weighted by Crippen LogP contribution is -2.44. The van der Waals surface area contributed by atoms with E-state index in [0.717, 1.165) is 37.5 Å². The number of piperazine rings is 1. The molecule has 2 aromatic rings. The number of aryl methyl sites for hydroxylation is 1. The fourth-order valence-electron chi connectivity index (χ4n) is 2.83. The van der Waals surface area contributed by atoms with E-state index in [1.54, 1.807) is 21.5 Å². The second-order valence-corrected chi connectivity index (χ2v) is 5.03. The van der Waals surface area contributed by atoms with Crippen molar-refractivity contribution in [1.82, 2.24) is 24.4 Å². The summed E-state index contributed by atoms with van der Waals surface area (Å²) in [4.78, 5) is 23.5. The Labute approximate surface area is 122 Å². The van der Waals surface area contributed by atoms with Crippen LogP contribution in [-0.4, -0.2) is 45.3 Å². The Morgan fingerprint density at radius 2 is 2.10 bits per heavy atom. The quantitative estimate of drug-likeness (QED) is 0.815. The van der Waals surface area contributed by atoms with Crippen LogP contribution in [-0.2, 0) is 13.1 Å². The Morgan fingerprint density at radius 1 is 1.33 bits per heavy atom. The highest BCUT2D eigenvalue weighted by atomic mass is 16.1. The second-order valence-electron chi connectivity index (χ2n) is 5.03. The number of nitrogens with one attached hydrogen (secondary N) is 1. The number of hydrogen-bond donors (Lipinski definition) is 1. The fraction of sp³-hybridized carbons (Fsp3) is 0.500. The molecule has 1 saturated heterocycles. The lowest BCUT2D eigenvalue weighted by Gasteiger charge is -2.28. The molecule has 1 N–H and O–H groups in total. The maximum Gasteiger partial charge on any atom is 0.330 e. The van der Waals surface area contributed by atoms with Crippen molar-refractivity contribution < 1.29 is 0 Å². The number of hydrogen-bond acceptors (Lipinski definition) is 5. The average molecular weight is 288 g/mol. The molecule has 1 aliphatic rings. The van der Waals surface area contributed by atoms with E-state index in [2.05, 4.69) is 26.8 Å². The van der Waals surface area contributed by atoms with Gasteiger partial charge in [0.05, 0.1) is 0 Å². The van der Waals surface area contributed by atoms with E-state index < -0.39 is 0 Å². The molecule has 3 heterocycles. The van der Waals surface area contributed by atoms with Crippen LogP contribution >= 0.6 is 0 Å². The van der Waals surface area contributed by atoms with Crippen LogP contribution < -0.4 is 15.9 Å². The van der Waals surface area contributed by atoms with Gasteiger partial charge in [-0.3, -0.25) is 9.13 Å². The van der Waals surface area contributed by atoms with Crippen LogP contribution in [0.25, 0.3) is 11.2 Å². The third-order valence-electron chi connectivity index (χ3n) is 3.82. The summed E-state index contributed by atoms with van der Waals surface area (Å²) in [5, 5.41) is 3.33. The molecular formula is C14H20N6O. The summed E-state index contributed by atoms with van der Waals surface area (Å²) in [6.07, 6.45) is 3.26. The van der Waals surface area contributed by atoms with Gasteiger partial charge in [0, 0.05) is 39.3 Å². The Morgan fingerprint density at radius 3 is 2.76 bits per heavy atom. The Bertz CT molecular complexity index is 710. The molecule has 2 aromatic heterocycles. The standard InChI is InChI=1S/C14H20N6O/c1-3-7-20-13-11(19(4-2)14(20)21)12(16-10-17-13)18-8-5-15-6-9-18/h3,10,15H,1,4-9H2,2H3. The Kier molecular flexibility index (Phi) is 3.74. The van der Waals surface area contributed by atoms with Gasteiger partial charge in [-0.1, -0.05) is 6.08 Å². The number of aromatic nitrogens is 4. The molecule has 0 aromatic carbocycles. The number of nitrogens with zero attached hydrogens (tertiary/aromatic N) is 5. The first-order chi connectivity index (χ1) is 10.3. The van der Waals surface area contributed by atoms with Gasteiger partial charge in [-0.15, -0.1) is 6.58 Å². The molecule has 112 valence electrons. The second kappa shape index (κ2) is 5.69. The highest BCUT2D eigenvalue weighted by Gasteiger charge is 2.21. The van der Waals surface area contributed by atoms with Crippen LogP contribution in [0, 0.1) is 0 Å². The number of anilines is 1. The minimum absolute atomic E-state index is 0.0516. The smallest absolute Gasteiger partial charge is 0.330 e. The first kappa shape index (κ1) is 13.8. The molecule has 0 spiro atoms. The van der Waals surface area contributed by atoms with Gasteiger partial charge in [0.2, 0.25) is 0 Å². The number of allylic oxidation sites excluding steroid dienone is 1. The van der Waals surface area contributed by atoms with Crippen molar-refractivity contribution in [2.45, 2.75) is 20.0 Å². The molecule has 0 atom stereocenters. The SMILES string of the molecule is C=CCn1c(=O)n(CC)c2c(N3CCNCC3)ncnc21. The molecule has 1 aliphatic heterocycles. The zero-order valence-electron chi connectivity index (χ0n) is 12.2. The lowest BCUT2D eigenvalue weighted by atomic mass is 10.3. The third kappa shape index (κ3) is 2.23. The van der Waals surface area contributed by atoms with Crippen molar-refractivity contribution in [3.63, 3.8) is 0 Å². The molecule has 0 aliphatic carbocycles. The van der Waals surface area contributed by atoms with Gasteiger partial charge in [-0.25, -0.2) is 14.8 Å². The van der Waals surface area contributed by atoms with Crippen LogP contribution in [0.1, 0.15) is 6.92 Å². The predicted molar refractivity (Wildman–Crippen MR) is 82.7 cm³/mol. The normalized spacial score (nSPS) is 15.6. The summed E-state index contributed by atoms with van der Waals surface area (Å²) in [6.45, 7) is 10.4. The summed E-state index contributed by atoms with van der Waals surface area (Å²) in [6, 6.07) is 0. The van der Waals surface area contributed by atoms with Crippen molar-refractivity contribution in [1.29, 1.82) is 0 Å². The van der Waals surface area contributed by atoms with Gasteiger partial charge in [-0.05, 0) is 6.92 Å². The maximum atomic E-state index is 12.5. The topological polar surface area (TPSA) is 68.0 Å². The Hall–Kier alpha value is -2.15. The molecule has 7 heteroatoms. The minimum Gasteiger partial charge on any atom is -0.352 e. The van der Waals surface area contributed by atoms with E-state index in [4.69, 9.17) is 0 Å². The van der Waals surface area contributed by atoms with Crippen molar-refractivity contribution in [3.8, 4) is 0 Å². The van der Waals surface area contributed by atoms with E-state index in [-0.39, 0.29) is 5.69 Å². The minimum atomic E-state index is -0.0516. The van der Waals surface area contributed by atoms with Gasteiger partial charge in [0.1, 0.15) is 11.8 Å². The first-order valence-corrected chi connectivity index (χ1v) is 7.28. The summed E-state index contributed by atoms with van der Waals surface area (Å²) in [5.41, 5.74) is 1.46. The number of fused-ring (bicyclic) bond motifs is 1. The van der Waals surface area contributed by atoms with Crippen LogP contribution in [0.15, 0.2) is 23.8 Å². The molecule has 0 amide bonds. The monoisotopic (exact) mass is 288 g/mol. The predicted octanol–water partition coefficient (Wildman–Crippen LogP) is 0.208. The largest absolute Gasteiger partial charge is 0.352 e. The van der Waals surface area contributed by atoms with Crippen LogP contribution in [0.2, 0.25) is 0 Å². The summed E-state index contributed by atoms with van der Waals surface area (Å²) >= 11 is 0. The van der Waals surface area contributed by atoms with Gasteiger partial charge >= 0.3 is 5.69 Å². The number of imidazole rings is 1. The van der Waals surface area contributed by atoms with Crippen LogP contribution in [0.5, 0.6) is 0 Å². The van der Waals surface area contributed by atoms with Gasteiger partial charge in [0.15, 0.2) is 11.5 Å². The zero-order valence-corrected chi connectivity index (χ0v) is 12.2. The van der Waals surface area contributed by atoms with Crippen LogP contribution in [0.3, 0.4) is 0 Å². The van der Waals surface area contributed by atoms with Crippen molar-refractivity contribution >= 4 is 17.0 Å². The molecule has 21 heavy (non-hydrogen) atoms. The van der Waals surface area contributed by atoms with E-state index in [1.807, 2.05) is 6.92 Å². The molecule has 1 fully saturated rings. The average Bonchev–Trinajstić information content (AvgIpc) is 2.80. The number of rotatable bonds is 4. The van der Waals surface area contributed by atoms with E-state index in [0.29, 0.717) is 18.7 Å². The summed E-state index contributed by atoms with van der Waals surface area (Å²) < 4.78 is 3.40. The van der Waals surface area contributed by atoms with E-state index >= 15 is 0 Å². The Balaban J connectivity index is 2.23. The van der Waals surface area contributed by atoms with E-state index in [1.165, 1.54) is 0 Å². The molecule has 0 bridgehead atoms. The van der Waals surface area contributed by atoms with Gasteiger partial charge in [-0.2, -0.15) is 0 Å². The fourth-order valence-corrected chi connectivity index (χ4v) is 2.83. The molecule has 7 nitrogen and oxygen atoms in total. The highest BCUT2D eigenvalue weighted by Crippen LogP contribution is 2.22. The summed E-state index contributed by atoms with van der Waals surface area (Å²) in [7, 11) is 0. The van der Waals surface area contributed by atoms with E-state index in [9.17, 15) is 4.79 Å². The molecule has 0 unspecified atom stereocenters. The van der Waals surface area contributed by atoms with Crippen molar-refractivity contribution in [2.24, 2.45) is 0 Å². The third-order valence-corrected chi connectivity index (χ3v) is 3.82. The van der Waals surface area contributed by atoms with Crippen molar-refractivity contribution in [3.05, 3.63) is 29.5 Å². The zero-order chi connectivity index (χ0) is 14.8. The molecule has 3 rings (SSSR count). The summed E-state index contributed by atoms with van der Waals surface area (Å²) in [5.74, 6) is 0.850. The first-order valence-electron chi connectivity index (χ1n) is 7.28. The van der Waals surface area contributed by atoms with Crippen LogP contribution in [0.4, 0.5) is 5.82 Å².